The molecule has 120 valence electrons. The Hall–Kier alpha value is -0.890. The van der Waals surface area contributed by atoms with Gasteiger partial charge in [-0.25, -0.2) is 8.42 Å². The van der Waals surface area contributed by atoms with Gasteiger partial charge in [-0.3, -0.25) is 4.90 Å². The van der Waals surface area contributed by atoms with Crippen molar-refractivity contribution in [3.63, 3.8) is 0 Å². The normalized spacial score (nSPS) is 18.2. The number of hydrogen-bond acceptors (Lipinski definition) is 5. The van der Waals surface area contributed by atoms with Crippen LogP contribution in [0.4, 0.5) is 0 Å². The summed E-state index contributed by atoms with van der Waals surface area (Å²) in [7, 11) is -3.06. The van der Waals surface area contributed by atoms with Crippen LogP contribution in [-0.2, 0) is 23.1 Å². The van der Waals surface area contributed by atoms with E-state index in [0.717, 1.165) is 50.7 Å². The standard InChI is InChI=1S/C14H25N3O3S/c1-3-6-15-11-13-4-5-14(20-13)12-16-7-9-17(10-8-16)21(2,18)19/h4-5,15H,3,6-12H2,1-2H3. The van der Waals surface area contributed by atoms with Gasteiger partial charge in [0.25, 0.3) is 0 Å². The Bertz CT molecular complexity index is 533. The van der Waals surface area contributed by atoms with Crippen molar-refractivity contribution in [3.8, 4) is 0 Å². The minimum absolute atomic E-state index is 0.560. The van der Waals surface area contributed by atoms with Crippen LogP contribution in [0.25, 0.3) is 0 Å². The summed E-state index contributed by atoms with van der Waals surface area (Å²) >= 11 is 0. The van der Waals surface area contributed by atoms with E-state index >= 15 is 0 Å². The van der Waals surface area contributed by atoms with Gasteiger partial charge >= 0.3 is 0 Å². The zero-order chi connectivity index (χ0) is 15.3. The maximum Gasteiger partial charge on any atom is 0.211 e. The molecule has 1 aliphatic rings. The summed E-state index contributed by atoms with van der Waals surface area (Å²) in [5.41, 5.74) is 0. The summed E-state index contributed by atoms with van der Waals surface area (Å²) in [6.07, 6.45) is 2.38. The molecule has 1 saturated heterocycles. The molecular formula is C14H25N3O3S. The number of nitrogens with zero attached hydrogens (tertiary/aromatic N) is 2. The van der Waals surface area contributed by atoms with Crippen LogP contribution in [0.15, 0.2) is 16.5 Å². The molecule has 1 N–H and O–H groups in total. The molecule has 0 unspecified atom stereocenters. The largest absolute Gasteiger partial charge is 0.463 e. The van der Waals surface area contributed by atoms with Crippen molar-refractivity contribution in [3.05, 3.63) is 23.7 Å². The first-order valence-corrected chi connectivity index (χ1v) is 9.29. The number of piperazine rings is 1. The molecule has 1 aliphatic heterocycles. The van der Waals surface area contributed by atoms with Gasteiger partial charge in [0.05, 0.1) is 19.3 Å². The Balaban J connectivity index is 1.78. The van der Waals surface area contributed by atoms with E-state index in [1.54, 1.807) is 0 Å². The summed E-state index contributed by atoms with van der Waals surface area (Å²) < 4.78 is 30.2. The van der Waals surface area contributed by atoms with Gasteiger partial charge in [0, 0.05) is 26.2 Å². The van der Waals surface area contributed by atoms with Crippen molar-refractivity contribution in [2.75, 3.05) is 39.0 Å². The fourth-order valence-corrected chi connectivity index (χ4v) is 3.26. The third-order valence-corrected chi connectivity index (χ3v) is 4.93. The average Bonchev–Trinajstić information content (AvgIpc) is 2.86. The molecule has 0 saturated carbocycles. The molecule has 0 amide bonds. The van der Waals surface area contributed by atoms with Gasteiger partial charge in [-0.1, -0.05) is 6.92 Å². The Morgan fingerprint density at radius 1 is 1.19 bits per heavy atom. The van der Waals surface area contributed by atoms with Gasteiger partial charge in [-0.15, -0.1) is 0 Å². The Morgan fingerprint density at radius 2 is 1.86 bits per heavy atom. The second kappa shape index (κ2) is 7.40. The highest BCUT2D eigenvalue weighted by atomic mass is 32.2. The predicted molar refractivity (Wildman–Crippen MR) is 82.4 cm³/mol. The molecule has 0 aliphatic carbocycles. The minimum atomic E-state index is -3.06. The topological polar surface area (TPSA) is 65.8 Å². The lowest BCUT2D eigenvalue weighted by atomic mass is 10.3. The third-order valence-electron chi connectivity index (χ3n) is 3.62. The summed E-state index contributed by atoms with van der Waals surface area (Å²) in [6, 6.07) is 4.01. The van der Waals surface area contributed by atoms with Crippen molar-refractivity contribution in [2.45, 2.75) is 26.4 Å². The number of nitrogens with one attached hydrogen (secondary N) is 1. The van der Waals surface area contributed by atoms with Crippen LogP contribution in [0.1, 0.15) is 24.9 Å². The van der Waals surface area contributed by atoms with Gasteiger partial charge < -0.3 is 9.73 Å². The highest BCUT2D eigenvalue weighted by Gasteiger charge is 2.23. The maximum absolute atomic E-state index is 11.5. The lowest BCUT2D eigenvalue weighted by Crippen LogP contribution is -2.47. The van der Waals surface area contributed by atoms with Crippen molar-refractivity contribution < 1.29 is 12.8 Å². The molecule has 1 aromatic rings. The van der Waals surface area contributed by atoms with Crippen molar-refractivity contribution in [2.24, 2.45) is 0 Å². The van der Waals surface area contributed by atoms with Crippen LogP contribution in [0.3, 0.4) is 0 Å². The Kier molecular flexibility index (Phi) is 5.80. The average molecular weight is 315 g/mol. The molecule has 1 fully saturated rings. The van der Waals surface area contributed by atoms with Crippen molar-refractivity contribution in [1.29, 1.82) is 0 Å². The fourth-order valence-electron chi connectivity index (χ4n) is 2.43. The van der Waals surface area contributed by atoms with E-state index in [0.29, 0.717) is 13.1 Å². The molecule has 0 bridgehead atoms. The quantitative estimate of drug-likeness (QED) is 0.756. The van der Waals surface area contributed by atoms with Crippen LogP contribution in [0, 0.1) is 0 Å². The minimum Gasteiger partial charge on any atom is -0.463 e. The Labute approximate surface area is 127 Å². The van der Waals surface area contributed by atoms with E-state index < -0.39 is 10.0 Å². The number of rotatable bonds is 7. The van der Waals surface area contributed by atoms with E-state index in [4.69, 9.17) is 4.42 Å². The molecular weight excluding hydrogens is 290 g/mol. The maximum atomic E-state index is 11.5. The highest BCUT2D eigenvalue weighted by molar-refractivity contribution is 7.88. The van der Waals surface area contributed by atoms with Gasteiger partial charge in [-0.05, 0) is 25.1 Å². The summed E-state index contributed by atoms with van der Waals surface area (Å²) in [5.74, 6) is 1.89. The van der Waals surface area contributed by atoms with Crippen LogP contribution in [0.2, 0.25) is 0 Å². The van der Waals surface area contributed by atoms with E-state index in [2.05, 4.69) is 17.1 Å². The summed E-state index contributed by atoms with van der Waals surface area (Å²) in [5, 5.41) is 3.31. The second-order valence-corrected chi connectivity index (χ2v) is 7.47. The van der Waals surface area contributed by atoms with E-state index in [1.807, 2.05) is 12.1 Å². The lowest BCUT2D eigenvalue weighted by Gasteiger charge is -2.32. The molecule has 2 heterocycles. The van der Waals surface area contributed by atoms with Gasteiger partial charge in [0.1, 0.15) is 11.5 Å². The molecule has 0 spiro atoms. The zero-order valence-electron chi connectivity index (χ0n) is 12.8. The van der Waals surface area contributed by atoms with Gasteiger partial charge in [0.2, 0.25) is 10.0 Å². The molecule has 2 rings (SSSR count). The van der Waals surface area contributed by atoms with Crippen molar-refractivity contribution in [1.82, 2.24) is 14.5 Å². The second-order valence-electron chi connectivity index (χ2n) is 5.48. The summed E-state index contributed by atoms with van der Waals surface area (Å²) in [6.45, 7) is 7.24. The zero-order valence-corrected chi connectivity index (χ0v) is 13.7. The molecule has 6 nitrogen and oxygen atoms in total. The third kappa shape index (κ3) is 5.10. The number of hydrogen-bond donors (Lipinski definition) is 1. The first-order valence-electron chi connectivity index (χ1n) is 7.45. The first-order chi connectivity index (χ1) is 9.99. The first kappa shape index (κ1) is 16.5. The fraction of sp³-hybridized carbons (Fsp3) is 0.714. The van der Waals surface area contributed by atoms with Crippen LogP contribution < -0.4 is 5.32 Å². The van der Waals surface area contributed by atoms with Crippen LogP contribution >= 0.6 is 0 Å². The van der Waals surface area contributed by atoms with Gasteiger partial charge in [0.15, 0.2) is 0 Å². The SMILES string of the molecule is CCCNCc1ccc(CN2CCN(S(C)(=O)=O)CC2)o1. The van der Waals surface area contributed by atoms with E-state index in [1.165, 1.54) is 10.6 Å². The Morgan fingerprint density at radius 3 is 2.48 bits per heavy atom. The summed E-state index contributed by atoms with van der Waals surface area (Å²) in [4.78, 5) is 2.23. The number of sulfonamides is 1. The molecule has 7 heteroatoms. The van der Waals surface area contributed by atoms with Crippen molar-refractivity contribution >= 4 is 10.0 Å². The van der Waals surface area contributed by atoms with E-state index in [-0.39, 0.29) is 0 Å². The monoisotopic (exact) mass is 315 g/mol. The van der Waals surface area contributed by atoms with E-state index in [9.17, 15) is 8.42 Å². The van der Waals surface area contributed by atoms with Crippen LogP contribution in [-0.4, -0.2) is 56.6 Å². The lowest BCUT2D eigenvalue weighted by molar-refractivity contribution is 0.170. The smallest absolute Gasteiger partial charge is 0.211 e. The highest BCUT2D eigenvalue weighted by Crippen LogP contribution is 2.13. The molecule has 1 aromatic heterocycles. The molecule has 0 radical (unpaired) electrons. The molecule has 0 atom stereocenters. The molecule has 0 aromatic carbocycles. The van der Waals surface area contributed by atoms with Crippen LogP contribution in [0.5, 0.6) is 0 Å². The number of furan rings is 1. The predicted octanol–water partition coefficient (Wildman–Crippen LogP) is 0.856. The van der Waals surface area contributed by atoms with Gasteiger partial charge in [-0.2, -0.15) is 4.31 Å². The molecule has 21 heavy (non-hydrogen) atoms.